The lowest BCUT2D eigenvalue weighted by atomic mass is 9.33. The average Bonchev–Trinajstić information content (AvgIpc) is 3.63. The van der Waals surface area contributed by atoms with Crippen LogP contribution in [0.3, 0.4) is 0 Å². The van der Waals surface area contributed by atoms with E-state index in [1.54, 1.807) is 0 Å². The van der Waals surface area contributed by atoms with Crippen molar-refractivity contribution < 1.29 is 0 Å². The molecule has 0 amide bonds. The smallest absolute Gasteiger partial charge is 0.252 e. The first-order chi connectivity index (χ1) is 29.3. The fourth-order valence-corrected chi connectivity index (χ4v) is 10.2. The van der Waals surface area contributed by atoms with E-state index >= 15 is 0 Å². The second-order valence-electron chi connectivity index (χ2n) is 16.0. The Morgan fingerprint density at radius 2 is 1.00 bits per heavy atom. The molecule has 9 aromatic rings. The molecule has 0 saturated carbocycles. The first-order valence-corrected chi connectivity index (χ1v) is 21.0. The molecule has 8 aromatic carbocycles. The summed E-state index contributed by atoms with van der Waals surface area (Å²) in [7, 11) is 0. The van der Waals surface area contributed by atoms with E-state index in [9.17, 15) is 0 Å². The summed E-state index contributed by atoms with van der Waals surface area (Å²) in [5, 5.41) is 2.61. The van der Waals surface area contributed by atoms with Gasteiger partial charge in [-0.05, 0) is 121 Å². The molecule has 0 N–H and O–H groups in total. The number of hydrogen-bond donors (Lipinski definition) is 0. The summed E-state index contributed by atoms with van der Waals surface area (Å²) >= 11 is 0. The van der Waals surface area contributed by atoms with Crippen molar-refractivity contribution >= 4 is 102 Å². The summed E-state index contributed by atoms with van der Waals surface area (Å²) in [6, 6.07) is 71.5. The lowest BCUT2D eigenvalue weighted by molar-refractivity contribution is 0.724. The van der Waals surface area contributed by atoms with Gasteiger partial charge >= 0.3 is 0 Å². The van der Waals surface area contributed by atoms with E-state index in [1.165, 1.54) is 79.5 Å². The highest BCUT2D eigenvalue weighted by Gasteiger charge is 2.44. The molecule has 0 unspecified atom stereocenters. The highest BCUT2D eigenvalue weighted by atomic mass is 15.2. The first-order valence-electron chi connectivity index (χ1n) is 21.0. The molecule has 0 fully saturated rings. The molecule has 59 heavy (non-hydrogen) atoms. The largest absolute Gasteiger partial charge is 0.313 e. The van der Waals surface area contributed by atoms with Crippen LogP contribution in [0.1, 0.15) is 25.7 Å². The van der Waals surface area contributed by atoms with Gasteiger partial charge in [0.2, 0.25) is 0 Å². The van der Waals surface area contributed by atoms with E-state index in [0.717, 1.165) is 41.3 Å². The quantitative estimate of drug-likeness (QED) is 0.157. The van der Waals surface area contributed by atoms with E-state index in [0.29, 0.717) is 0 Å². The van der Waals surface area contributed by atoms with Crippen molar-refractivity contribution in [3.8, 4) is 0 Å². The zero-order valence-electron chi connectivity index (χ0n) is 32.7. The third kappa shape index (κ3) is 5.31. The van der Waals surface area contributed by atoms with Crippen molar-refractivity contribution in [2.45, 2.75) is 25.7 Å². The Morgan fingerprint density at radius 3 is 1.64 bits per heavy atom. The maximum absolute atomic E-state index is 2.57. The number of benzene rings is 8. The minimum absolute atomic E-state index is 0.00230. The molecule has 1 aliphatic carbocycles. The summed E-state index contributed by atoms with van der Waals surface area (Å²) < 4.78 is 2.57. The van der Waals surface area contributed by atoms with Crippen molar-refractivity contribution in [2.24, 2.45) is 0 Å². The Morgan fingerprint density at radius 1 is 0.424 bits per heavy atom. The number of para-hydroxylation sites is 6. The van der Waals surface area contributed by atoms with Crippen LogP contribution < -0.4 is 31.1 Å². The Hall–Kier alpha value is -7.24. The third-order valence-electron chi connectivity index (χ3n) is 12.6. The molecule has 12 rings (SSSR count). The molecule has 3 heterocycles. The van der Waals surface area contributed by atoms with E-state index in [1.807, 2.05) is 0 Å². The molecular formula is C54H41BN4. The predicted molar refractivity (Wildman–Crippen MR) is 251 cm³/mol. The van der Waals surface area contributed by atoms with Crippen LogP contribution in [-0.4, -0.2) is 11.3 Å². The Bertz CT molecular complexity index is 3030. The Balaban J connectivity index is 1.22. The number of nitrogens with zero attached hydrogens (tertiary/aromatic N) is 4. The molecule has 280 valence electrons. The Labute approximate surface area is 345 Å². The fraction of sp³-hybridized carbons (Fsp3) is 0.0741. The molecule has 4 nitrogen and oxygen atoms in total. The van der Waals surface area contributed by atoms with E-state index in [2.05, 4.69) is 219 Å². The molecule has 0 saturated heterocycles. The van der Waals surface area contributed by atoms with Crippen LogP contribution in [0.25, 0.3) is 27.5 Å². The Kier molecular flexibility index (Phi) is 7.87. The molecular weight excluding hydrogens is 715 g/mol. The van der Waals surface area contributed by atoms with Gasteiger partial charge in [-0.3, -0.25) is 0 Å². The molecule has 0 radical (unpaired) electrons. The monoisotopic (exact) mass is 756 g/mol. The first kappa shape index (κ1) is 33.9. The molecule has 1 aromatic heterocycles. The van der Waals surface area contributed by atoms with Crippen molar-refractivity contribution in [3.05, 3.63) is 200 Å². The second-order valence-corrected chi connectivity index (χ2v) is 16.0. The summed E-state index contributed by atoms with van der Waals surface area (Å²) in [4.78, 5) is 7.46. The van der Waals surface area contributed by atoms with E-state index in [-0.39, 0.29) is 6.71 Å². The van der Waals surface area contributed by atoms with Gasteiger partial charge in [0.1, 0.15) is 0 Å². The van der Waals surface area contributed by atoms with Crippen molar-refractivity contribution in [2.75, 3.05) is 14.7 Å². The number of allylic oxidation sites excluding steroid dienone is 2. The van der Waals surface area contributed by atoms with Gasteiger partial charge in [-0.2, -0.15) is 0 Å². The normalized spacial score (nSPS) is 14.2. The zero-order valence-corrected chi connectivity index (χ0v) is 32.7. The number of aromatic nitrogens is 1. The second kappa shape index (κ2) is 13.7. The predicted octanol–water partition coefficient (Wildman–Crippen LogP) is 12.8. The van der Waals surface area contributed by atoms with Crippen LogP contribution in [0.15, 0.2) is 200 Å². The van der Waals surface area contributed by atoms with Gasteiger partial charge in [-0.15, -0.1) is 0 Å². The summed E-state index contributed by atoms with van der Waals surface area (Å²) in [6.45, 7) is 0.00230. The zero-order chi connectivity index (χ0) is 38.9. The van der Waals surface area contributed by atoms with E-state index < -0.39 is 0 Å². The van der Waals surface area contributed by atoms with Gasteiger partial charge in [0.15, 0.2) is 0 Å². The van der Waals surface area contributed by atoms with Gasteiger partial charge in [0.25, 0.3) is 6.71 Å². The van der Waals surface area contributed by atoms with Crippen LogP contribution in [0.2, 0.25) is 0 Å². The topological polar surface area (TPSA) is 14.7 Å². The lowest BCUT2D eigenvalue weighted by Crippen LogP contribution is -2.61. The standard InChI is InChI=1S/C54H41BN4/c1-6-20-38(21-7-1)56(39-22-8-2-9-23-39)43-34-52-54-53(35-43)59(42-28-14-5-15-29-42)51-37-50-45(44-30-16-18-32-48(44)57(50)40-24-10-3-11-25-40)36-47(51)55(54)46-31-17-19-33-49(46)58(52)41-26-12-4-13-27-41/h1-2,4-9,12-24,26-37H,3,10-11,25H2. The summed E-state index contributed by atoms with van der Waals surface area (Å²) in [6.07, 6.45) is 7.16. The molecule has 3 aliphatic rings. The van der Waals surface area contributed by atoms with Crippen LogP contribution >= 0.6 is 0 Å². The van der Waals surface area contributed by atoms with Crippen LogP contribution in [0.4, 0.5) is 51.2 Å². The van der Waals surface area contributed by atoms with Crippen molar-refractivity contribution in [3.63, 3.8) is 0 Å². The highest BCUT2D eigenvalue weighted by Crippen LogP contribution is 2.49. The number of rotatable bonds is 6. The number of hydrogen-bond acceptors (Lipinski definition) is 3. The van der Waals surface area contributed by atoms with Crippen LogP contribution in [-0.2, 0) is 0 Å². The summed E-state index contributed by atoms with van der Waals surface area (Å²) in [5.41, 5.74) is 18.3. The SMILES string of the molecule is C1=C(n2c3ccccc3c3cc4c(cc32)N(c2ccccc2)c2cc(N(c3ccccc3)c3ccccc3)cc3c2B4c2ccccc2N3c2ccccc2)CCCC1. The average molecular weight is 757 g/mol. The highest BCUT2D eigenvalue weighted by molar-refractivity contribution is 7.00. The number of anilines is 9. The summed E-state index contributed by atoms with van der Waals surface area (Å²) in [5.74, 6) is 0. The van der Waals surface area contributed by atoms with Crippen molar-refractivity contribution in [1.29, 1.82) is 0 Å². The molecule has 2 aliphatic heterocycles. The molecule has 0 atom stereocenters. The van der Waals surface area contributed by atoms with Crippen LogP contribution in [0, 0.1) is 0 Å². The lowest BCUT2D eigenvalue weighted by Gasteiger charge is -2.45. The molecule has 5 heteroatoms. The van der Waals surface area contributed by atoms with Gasteiger partial charge in [0, 0.05) is 62.0 Å². The van der Waals surface area contributed by atoms with Gasteiger partial charge in [-0.25, -0.2) is 0 Å². The van der Waals surface area contributed by atoms with Gasteiger partial charge < -0.3 is 19.3 Å². The maximum Gasteiger partial charge on any atom is 0.252 e. The van der Waals surface area contributed by atoms with Gasteiger partial charge in [-0.1, -0.05) is 121 Å². The number of fused-ring (bicyclic) bond motifs is 7. The minimum Gasteiger partial charge on any atom is -0.313 e. The molecule has 0 bridgehead atoms. The van der Waals surface area contributed by atoms with E-state index in [4.69, 9.17) is 0 Å². The van der Waals surface area contributed by atoms with Gasteiger partial charge in [0.05, 0.1) is 16.7 Å². The fourth-order valence-electron chi connectivity index (χ4n) is 10.2. The third-order valence-corrected chi connectivity index (χ3v) is 12.6. The maximum atomic E-state index is 2.57. The van der Waals surface area contributed by atoms with Crippen molar-refractivity contribution in [1.82, 2.24) is 4.57 Å². The minimum atomic E-state index is 0.00230. The van der Waals surface area contributed by atoms with Crippen LogP contribution in [0.5, 0.6) is 0 Å². The molecule has 0 spiro atoms.